The molecule has 1 fully saturated rings. The minimum atomic E-state index is -0.792. The van der Waals surface area contributed by atoms with E-state index in [-0.39, 0.29) is 11.8 Å². The lowest BCUT2D eigenvalue weighted by Crippen LogP contribution is -2.30. The molecule has 1 aliphatic rings. The van der Waals surface area contributed by atoms with Gasteiger partial charge in [0.15, 0.2) is 6.10 Å². The predicted molar refractivity (Wildman–Crippen MR) is 121 cm³/mol. The van der Waals surface area contributed by atoms with Crippen LogP contribution >= 0.6 is 23.2 Å². The van der Waals surface area contributed by atoms with Crippen molar-refractivity contribution in [2.75, 3.05) is 10.6 Å². The Kier molecular flexibility index (Phi) is 8.00. The highest BCUT2D eigenvalue weighted by molar-refractivity contribution is 6.35. The van der Waals surface area contributed by atoms with Gasteiger partial charge in [0.05, 0.1) is 5.69 Å². The highest BCUT2D eigenvalue weighted by Crippen LogP contribution is 2.29. The van der Waals surface area contributed by atoms with E-state index in [9.17, 15) is 9.59 Å². The normalized spacial score (nSPS) is 15.3. The van der Waals surface area contributed by atoms with Crippen LogP contribution in [0.15, 0.2) is 42.5 Å². The van der Waals surface area contributed by atoms with Crippen molar-refractivity contribution < 1.29 is 14.3 Å². The van der Waals surface area contributed by atoms with Gasteiger partial charge in [-0.25, -0.2) is 0 Å². The average Bonchev–Trinajstić information content (AvgIpc) is 2.69. The van der Waals surface area contributed by atoms with Gasteiger partial charge in [0, 0.05) is 22.2 Å². The molecule has 0 saturated heterocycles. The van der Waals surface area contributed by atoms with E-state index in [2.05, 4.69) is 10.6 Å². The van der Waals surface area contributed by atoms with Gasteiger partial charge in [0.1, 0.15) is 5.75 Å². The number of anilines is 2. The number of amides is 2. The predicted octanol–water partition coefficient (Wildman–Crippen LogP) is 6.31. The van der Waals surface area contributed by atoms with E-state index in [0.29, 0.717) is 39.5 Å². The van der Waals surface area contributed by atoms with Crippen molar-refractivity contribution in [3.05, 3.63) is 52.5 Å². The van der Waals surface area contributed by atoms with Crippen molar-refractivity contribution in [3.8, 4) is 5.75 Å². The summed E-state index contributed by atoms with van der Waals surface area (Å²) in [5.74, 6) is 0.516. The zero-order chi connectivity index (χ0) is 21.5. The Bertz CT molecular complexity index is 878. The molecular formula is C23H26Cl2N2O3. The third kappa shape index (κ3) is 6.64. The highest BCUT2D eigenvalue weighted by Gasteiger charge is 2.20. The lowest BCUT2D eigenvalue weighted by molar-refractivity contribution is -0.122. The molecule has 30 heavy (non-hydrogen) atoms. The quantitative estimate of drug-likeness (QED) is 0.521. The Balaban J connectivity index is 1.60. The second kappa shape index (κ2) is 10.7. The number of nitrogens with one attached hydrogen (secondary N) is 2. The smallest absolute Gasteiger partial charge is 0.265 e. The SMILES string of the molecule is CC(Oc1ccccc1NC(=O)CC1CCCCC1)C(=O)Nc1cc(Cl)cc(Cl)c1. The van der Waals surface area contributed by atoms with Crippen LogP contribution in [-0.4, -0.2) is 17.9 Å². The third-order valence-electron chi connectivity index (χ3n) is 5.16. The second-order valence-corrected chi connectivity index (χ2v) is 8.53. The van der Waals surface area contributed by atoms with Crippen molar-refractivity contribution in [2.24, 2.45) is 5.92 Å². The Hall–Kier alpha value is -2.24. The summed E-state index contributed by atoms with van der Waals surface area (Å²) in [6.07, 6.45) is 5.59. The molecule has 160 valence electrons. The van der Waals surface area contributed by atoms with Crippen LogP contribution in [0.2, 0.25) is 10.0 Å². The van der Waals surface area contributed by atoms with E-state index in [4.69, 9.17) is 27.9 Å². The van der Waals surface area contributed by atoms with Gasteiger partial charge in [-0.05, 0) is 56.0 Å². The van der Waals surface area contributed by atoms with Crippen LogP contribution in [0.3, 0.4) is 0 Å². The van der Waals surface area contributed by atoms with Gasteiger partial charge in [-0.1, -0.05) is 54.6 Å². The topological polar surface area (TPSA) is 67.4 Å². The molecular weight excluding hydrogens is 423 g/mol. The van der Waals surface area contributed by atoms with Crippen LogP contribution < -0.4 is 15.4 Å². The molecule has 0 bridgehead atoms. The van der Waals surface area contributed by atoms with Crippen molar-refractivity contribution in [3.63, 3.8) is 0 Å². The fourth-order valence-electron chi connectivity index (χ4n) is 3.64. The standard InChI is InChI=1S/C23H26Cl2N2O3/c1-15(23(29)26-19-13-17(24)12-18(25)14-19)30-21-10-6-5-9-20(21)27-22(28)11-16-7-3-2-4-8-16/h5-6,9-10,12-16H,2-4,7-8,11H2,1H3,(H,26,29)(H,27,28). The largest absolute Gasteiger partial charge is 0.479 e. The molecule has 0 heterocycles. The van der Waals surface area contributed by atoms with E-state index < -0.39 is 6.10 Å². The van der Waals surface area contributed by atoms with Gasteiger partial charge in [-0.15, -0.1) is 0 Å². The number of ether oxygens (including phenoxy) is 1. The minimum absolute atomic E-state index is 0.0244. The summed E-state index contributed by atoms with van der Waals surface area (Å²) in [6.45, 7) is 1.64. The number of benzene rings is 2. The van der Waals surface area contributed by atoms with Gasteiger partial charge in [-0.2, -0.15) is 0 Å². The van der Waals surface area contributed by atoms with Crippen molar-refractivity contribution >= 4 is 46.4 Å². The first kappa shape index (κ1) is 22.4. The van der Waals surface area contributed by atoms with E-state index in [1.165, 1.54) is 19.3 Å². The molecule has 5 nitrogen and oxygen atoms in total. The number of carbonyl (C=O) groups is 2. The average molecular weight is 449 g/mol. The van der Waals surface area contributed by atoms with Crippen LogP contribution in [0.25, 0.3) is 0 Å². The fraction of sp³-hybridized carbons (Fsp3) is 0.391. The number of halogens is 2. The first-order valence-electron chi connectivity index (χ1n) is 10.2. The van der Waals surface area contributed by atoms with Gasteiger partial charge in [0.25, 0.3) is 5.91 Å². The molecule has 1 atom stereocenters. The zero-order valence-electron chi connectivity index (χ0n) is 16.9. The summed E-state index contributed by atoms with van der Waals surface area (Å²) < 4.78 is 5.84. The van der Waals surface area contributed by atoms with Gasteiger partial charge in [-0.3, -0.25) is 9.59 Å². The number of rotatable bonds is 7. The number of hydrogen-bond acceptors (Lipinski definition) is 3. The Morgan fingerprint density at radius 1 is 1.03 bits per heavy atom. The lowest BCUT2D eigenvalue weighted by atomic mass is 9.87. The first-order chi connectivity index (χ1) is 14.4. The molecule has 3 rings (SSSR count). The maximum atomic E-state index is 12.5. The van der Waals surface area contributed by atoms with Gasteiger partial charge >= 0.3 is 0 Å². The van der Waals surface area contributed by atoms with Crippen LogP contribution in [0, 0.1) is 5.92 Å². The van der Waals surface area contributed by atoms with E-state index in [0.717, 1.165) is 12.8 Å². The van der Waals surface area contributed by atoms with Crippen LogP contribution in [0.1, 0.15) is 45.4 Å². The molecule has 1 aliphatic carbocycles. The molecule has 2 aromatic carbocycles. The molecule has 2 aromatic rings. The zero-order valence-corrected chi connectivity index (χ0v) is 18.4. The van der Waals surface area contributed by atoms with Gasteiger partial charge < -0.3 is 15.4 Å². The molecule has 0 spiro atoms. The van der Waals surface area contributed by atoms with Crippen LogP contribution in [0.5, 0.6) is 5.75 Å². The van der Waals surface area contributed by atoms with E-state index in [1.807, 2.05) is 6.07 Å². The first-order valence-corrected chi connectivity index (χ1v) is 11.0. The summed E-state index contributed by atoms with van der Waals surface area (Å²) in [5, 5.41) is 6.53. The minimum Gasteiger partial charge on any atom is -0.479 e. The van der Waals surface area contributed by atoms with Crippen molar-refractivity contribution in [1.82, 2.24) is 0 Å². The Morgan fingerprint density at radius 3 is 2.40 bits per heavy atom. The summed E-state index contributed by atoms with van der Waals surface area (Å²) in [5.41, 5.74) is 1.05. The summed E-state index contributed by atoms with van der Waals surface area (Å²) in [6, 6.07) is 11.9. The molecule has 0 aromatic heterocycles. The molecule has 1 saturated carbocycles. The summed E-state index contributed by atoms with van der Waals surface area (Å²) >= 11 is 11.9. The van der Waals surface area contributed by atoms with Crippen LogP contribution in [0.4, 0.5) is 11.4 Å². The third-order valence-corrected chi connectivity index (χ3v) is 5.60. The summed E-state index contributed by atoms with van der Waals surface area (Å²) in [4.78, 5) is 25.0. The Labute approximate surface area is 187 Å². The molecule has 7 heteroatoms. The van der Waals surface area contributed by atoms with E-state index in [1.54, 1.807) is 43.3 Å². The van der Waals surface area contributed by atoms with Crippen molar-refractivity contribution in [2.45, 2.75) is 51.6 Å². The van der Waals surface area contributed by atoms with Crippen molar-refractivity contribution in [1.29, 1.82) is 0 Å². The number of hydrogen-bond donors (Lipinski definition) is 2. The highest BCUT2D eigenvalue weighted by atomic mass is 35.5. The maximum Gasteiger partial charge on any atom is 0.265 e. The molecule has 2 N–H and O–H groups in total. The maximum absolute atomic E-state index is 12.5. The Morgan fingerprint density at radius 2 is 1.70 bits per heavy atom. The van der Waals surface area contributed by atoms with Gasteiger partial charge in [0.2, 0.25) is 5.91 Å². The molecule has 0 radical (unpaired) electrons. The number of carbonyl (C=O) groups excluding carboxylic acids is 2. The van der Waals surface area contributed by atoms with E-state index >= 15 is 0 Å². The van der Waals surface area contributed by atoms with Crippen LogP contribution in [-0.2, 0) is 9.59 Å². The lowest BCUT2D eigenvalue weighted by Gasteiger charge is -2.21. The molecule has 1 unspecified atom stereocenters. The molecule has 2 amide bonds. The number of para-hydroxylation sites is 2. The molecule has 0 aliphatic heterocycles. The second-order valence-electron chi connectivity index (χ2n) is 7.66. The summed E-state index contributed by atoms with van der Waals surface area (Å²) in [7, 11) is 0. The fourth-order valence-corrected chi connectivity index (χ4v) is 4.17. The monoisotopic (exact) mass is 448 g/mol.